The molecule has 0 bridgehead atoms. The van der Waals surface area contributed by atoms with Crippen molar-refractivity contribution in [3.8, 4) is 0 Å². The molecular weight excluding hydrogens is 208 g/mol. The third-order valence-electron chi connectivity index (χ3n) is 2.69. The summed E-state index contributed by atoms with van der Waals surface area (Å²) in [5, 5.41) is 14.9. The Bertz CT molecular complexity index is 221. The average Bonchev–Trinajstić information content (AvgIpc) is 2.63. The zero-order valence-electron chi connectivity index (χ0n) is 10.0. The highest BCUT2D eigenvalue weighted by molar-refractivity contribution is 5.81. The first-order chi connectivity index (χ1) is 7.61. The summed E-state index contributed by atoms with van der Waals surface area (Å²) in [7, 11) is 0. The Labute approximate surface area is 96.6 Å². The van der Waals surface area contributed by atoms with E-state index in [0.29, 0.717) is 32.2 Å². The molecule has 0 radical (unpaired) electrons. The topological polar surface area (TPSA) is 70.6 Å². The molecule has 0 aromatic carbocycles. The second-order valence-corrected chi connectivity index (χ2v) is 4.40. The van der Waals surface area contributed by atoms with Crippen molar-refractivity contribution in [1.29, 1.82) is 0 Å². The van der Waals surface area contributed by atoms with Crippen LogP contribution in [0.15, 0.2) is 0 Å². The molecule has 0 aromatic rings. The molecule has 0 aromatic heterocycles. The fraction of sp³-hybridized carbons (Fsp3) is 0.909. The van der Waals surface area contributed by atoms with Crippen LogP contribution in [0.3, 0.4) is 0 Å². The van der Waals surface area contributed by atoms with E-state index in [9.17, 15) is 4.79 Å². The summed E-state index contributed by atoms with van der Waals surface area (Å²) >= 11 is 0. The Morgan fingerprint density at radius 2 is 2.31 bits per heavy atom. The predicted molar refractivity (Wildman–Crippen MR) is 61.1 cm³/mol. The average molecular weight is 230 g/mol. The summed E-state index contributed by atoms with van der Waals surface area (Å²) in [5.41, 5.74) is 0. The highest BCUT2D eigenvalue weighted by Gasteiger charge is 2.30. The van der Waals surface area contributed by atoms with Crippen LogP contribution >= 0.6 is 0 Å². The van der Waals surface area contributed by atoms with Gasteiger partial charge in [-0.05, 0) is 19.3 Å². The minimum atomic E-state index is -0.353. The molecule has 5 nitrogen and oxygen atoms in total. The molecule has 94 valence electrons. The van der Waals surface area contributed by atoms with Gasteiger partial charge in [0, 0.05) is 26.2 Å². The molecule has 1 aliphatic rings. The molecule has 3 unspecified atom stereocenters. The Morgan fingerprint density at radius 1 is 1.56 bits per heavy atom. The second-order valence-electron chi connectivity index (χ2n) is 4.40. The number of hydrogen-bond donors (Lipinski definition) is 3. The maximum Gasteiger partial charge on any atom is 0.249 e. The number of hydrogen-bond acceptors (Lipinski definition) is 4. The summed E-state index contributed by atoms with van der Waals surface area (Å²) < 4.78 is 5.35. The molecule has 1 saturated heterocycles. The van der Waals surface area contributed by atoms with Crippen molar-refractivity contribution in [2.45, 2.75) is 32.5 Å². The van der Waals surface area contributed by atoms with Crippen molar-refractivity contribution in [3.63, 3.8) is 0 Å². The minimum Gasteiger partial charge on any atom is -0.392 e. The summed E-state index contributed by atoms with van der Waals surface area (Å²) in [6.07, 6.45) is 0.323. The van der Waals surface area contributed by atoms with Crippen molar-refractivity contribution in [3.05, 3.63) is 0 Å². The van der Waals surface area contributed by atoms with Crippen LogP contribution in [0.25, 0.3) is 0 Å². The monoisotopic (exact) mass is 230 g/mol. The molecule has 1 aliphatic heterocycles. The molecular formula is C11H22N2O3. The van der Waals surface area contributed by atoms with E-state index in [1.54, 1.807) is 6.92 Å². The van der Waals surface area contributed by atoms with Crippen molar-refractivity contribution in [2.24, 2.45) is 5.92 Å². The molecule has 0 saturated carbocycles. The largest absolute Gasteiger partial charge is 0.392 e. The smallest absolute Gasteiger partial charge is 0.249 e. The van der Waals surface area contributed by atoms with E-state index >= 15 is 0 Å². The number of aliphatic hydroxyl groups is 1. The summed E-state index contributed by atoms with van der Waals surface area (Å²) in [6.45, 7) is 6.21. The number of amides is 1. The van der Waals surface area contributed by atoms with E-state index in [1.807, 2.05) is 6.92 Å². The number of carbonyl (C=O) groups is 1. The molecule has 16 heavy (non-hydrogen) atoms. The lowest BCUT2D eigenvalue weighted by atomic mass is 10.0. The van der Waals surface area contributed by atoms with Crippen molar-refractivity contribution < 1.29 is 14.6 Å². The molecule has 1 heterocycles. The lowest BCUT2D eigenvalue weighted by Gasteiger charge is -2.14. The first-order valence-electron chi connectivity index (χ1n) is 5.89. The SMILES string of the molecule is CC(O)CNCCNC(=O)C1OCCC1C. The van der Waals surface area contributed by atoms with Gasteiger partial charge in [-0.2, -0.15) is 0 Å². The molecule has 1 rings (SSSR count). The van der Waals surface area contributed by atoms with Gasteiger partial charge in [-0.1, -0.05) is 6.92 Å². The molecule has 1 amide bonds. The lowest BCUT2D eigenvalue weighted by Crippen LogP contribution is -2.41. The zero-order chi connectivity index (χ0) is 12.0. The van der Waals surface area contributed by atoms with E-state index in [0.717, 1.165) is 6.42 Å². The maximum absolute atomic E-state index is 11.6. The van der Waals surface area contributed by atoms with Crippen LogP contribution in [-0.2, 0) is 9.53 Å². The number of carbonyl (C=O) groups excluding carboxylic acids is 1. The van der Waals surface area contributed by atoms with Crippen molar-refractivity contribution >= 4 is 5.91 Å². The normalized spacial score (nSPS) is 26.7. The molecule has 0 spiro atoms. The minimum absolute atomic E-state index is 0.0242. The molecule has 5 heteroatoms. The van der Waals surface area contributed by atoms with Gasteiger partial charge in [0.2, 0.25) is 5.91 Å². The Kier molecular flexibility index (Phi) is 5.73. The van der Waals surface area contributed by atoms with E-state index in [4.69, 9.17) is 9.84 Å². The molecule has 3 atom stereocenters. The summed E-state index contributed by atoms with van der Waals surface area (Å²) in [5.74, 6) is 0.286. The van der Waals surface area contributed by atoms with E-state index in [1.165, 1.54) is 0 Å². The van der Waals surface area contributed by atoms with Crippen LogP contribution in [0.2, 0.25) is 0 Å². The third kappa shape index (κ3) is 4.47. The van der Waals surface area contributed by atoms with Gasteiger partial charge in [0.25, 0.3) is 0 Å². The van der Waals surface area contributed by atoms with E-state index in [2.05, 4.69) is 10.6 Å². The van der Waals surface area contributed by atoms with Crippen LogP contribution in [0.4, 0.5) is 0 Å². The number of ether oxygens (including phenoxy) is 1. The van der Waals surface area contributed by atoms with Gasteiger partial charge in [-0.3, -0.25) is 4.79 Å². The fourth-order valence-electron chi connectivity index (χ4n) is 1.72. The maximum atomic E-state index is 11.6. The lowest BCUT2D eigenvalue weighted by molar-refractivity contribution is -0.131. The molecule has 1 fully saturated rings. The second kappa shape index (κ2) is 6.83. The predicted octanol–water partition coefficient (Wildman–Crippen LogP) is -0.502. The van der Waals surface area contributed by atoms with Gasteiger partial charge < -0.3 is 20.5 Å². The van der Waals surface area contributed by atoms with Gasteiger partial charge in [0.15, 0.2) is 0 Å². The number of nitrogens with one attached hydrogen (secondary N) is 2. The zero-order valence-corrected chi connectivity index (χ0v) is 10.0. The third-order valence-corrected chi connectivity index (χ3v) is 2.69. The number of rotatable bonds is 6. The van der Waals surface area contributed by atoms with E-state index in [-0.39, 0.29) is 18.1 Å². The first-order valence-corrected chi connectivity index (χ1v) is 5.89. The quantitative estimate of drug-likeness (QED) is 0.538. The Hall–Kier alpha value is -0.650. The van der Waals surface area contributed by atoms with Crippen molar-refractivity contribution in [2.75, 3.05) is 26.2 Å². The van der Waals surface area contributed by atoms with Gasteiger partial charge in [0.05, 0.1) is 6.10 Å². The van der Waals surface area contributed by atoms with Crippen LogP contribution in [-0.4, -0.2) is 49.5 Å². The summed E-state index contributed by atoms with van der Waals surface area (Å²) in [4.78, 5) is 11.6. The van der Waals surface area contributed by atoms with E-state index < -0.39 is 0 Å². The fourth-order valence-corrected chi connectivity index (χ4v) is 1.72. The Balaban J connectivity index is 2.06. The van der Waals surface area contributed by atoms with Gasteiger partial charge in [-0.25, -0.2) is 0 Å². The highest BCUT2D eigenvalue weighted by atomic mass is 16.5. The van der Waals surface area contributed by atoms with Crippen LogP contribution < -0.4 is 10.6 Å². The summed E-state index contributed by atoms with van der Waals surface area (Å²) in [6, 6.07) is 0. The van der Waals surface area contributed by atoms with Gasteiger partial charge in [-0.15, -0.1) is 0 Å². The van der Waals surface area contributed by atoms with Crippen LogP contribution in [0.1, 0.15) is 20.3 Å². The van der Waals surface area contributed by atoms with Crippen LogP contribution in [0, 0.1) is 5.92 Å². The standard InChI is InChI=1S/C11H22N2O3/c1-8-3-6-16-10(8)11(15)13-5-4-12-7-9(2)14/h8-10,12,14H,3-7H2,1-2H3,(H,13,15). The highest BCUT2D eigenvalue weighted by Crippen LogP contribution is 2.19. The Morgan fingerprint density at radius 3 is 2.88 bits per heavy atom. The van der Waals surface area contributed by atoms with Crippen molar-refractivity contribution in [1.82, 2.24) is 10.6 Å². The number of aliphatic hydroxyl groups excluding tert-OH is 1. The molecule has 3 N–H and O–H groups in total. The first kappa shape index (κ1) is 13.4. The van der Waals surface area contributed by atoms with Gasteiger partial charge >= 0.3 is 0 Å². The van der Waals surface area contributed by atoms with Gasteiger partial charge in [0.1, 0.15) is 6.10 Å². The van der Waals surface area contributed by atoms with Crippen LogP contribution in [0.5, 0.6) is 0 Å². The molecule has 0 aliphatic carbocycles.